The maximum atomic E-state index is 10.9. The number of aromatic hydroxyl groups is 1. The van der Waals surface area contributed by atoms with Gasteiger partial charge < -0.3 is 15.5 Å². The third kappa shape index (κ3) is 4.04. The van der Waals surface area contributed by atoms with Crippen LogP contribution in [0.4, 0.5) is 11.4 Å². The van der Waals surface area contributed by atoms with E-state index in [1.807, 2.05) is 61.5 Å². The van der Waals surface area contributed by atoms with E-state index in [0.29, 0.717) is 23.0 Å². The number of rotatable bonds is 5. The first-order chi connectivity index (χ1) is 14.4. The molecule has 3 aromatic rings. The van der Waals surface area contributed by atoms with Crippen molar-refractivity contribution in [3.05, 3.63) is 66.2 Å². The van der Waals surface area contributed by atoms with Crippen molar-refractivity contribution in [3.8, 4) is 5.75 Å². The lowest BCUT2D eigenvalue weighted by molar-refractivity contribution is 0.204. The van der Waals surface area contributed by atoms with Gasteiger partial charge >= 0.3 is 0 Å². The van der Waals surface area contributed by atoms with Crippen molar-refractivity contribution in [1.29, 1.82) is 0 Å². The van der Waals surface area contributed by atoms with Crippen molar-refractivity contribution >= 4 is 28.0 Å². The Bertz CT molecular complexity index is 1130. The van der Waals surface area contributed by atoms with E-state index in [1.165, 1.54) is 0 Å². The van der Waals surface area contributed by atoms with Crippen molar-refractivity contribution in [2.45, 2.75) is 39.0 Å². The average molecular weight is 402 g/mol. The standard InChI is InChI=1S/C24H26N4O2/c1-15-14-24(15,3)26-16(2)27-28-21-19-12-8-7-9-17(19)13-20(22(21)29)23(30)25-18-10-5-4-6-11-18/h4-13,15,23,25,29-30H,14H2,1-3H3. The van der Waals surface area contributed by atoms with Crippen molar-refractivity contribution in [2.75, 3.05) is 5.32 Å². The summed E-state index contributed by atoms with van der Waals surface area (Å²) in [6.07, 6.45) is -0.0621. The van der Waals surface area contributed by atoms with Crippen LogP contribution in [0.25, 0.3) is 10.8 Å². The van der Waals surface area contributed by atoms with E-state index in [4.69, 9.17) is 0 Å². The largest absolute Gasteiger partial charge is 0.505 e. The van der Waals surface area contributed by atoms with E-state index in [9.17, 15) is 10.2 Å². The molecule has 1 aliphatic rings. The van der Waals surface area contributed by atoms with Gasteiger partial charge in [0.15, 0.2) is 12.0 Å². The van der Waals surface area contributed by atoms with Gasteiger partial charge in [-0.1, -0.05) is 49.4 Å². The highest BCUT2D eigenvalue weighted by molar-refractivity contribution is 5.97. The summed E-state index contributed by atoms with van der Waals surface area (Å²) in [5.74, 6) is 1.00. The number of amidine groups is 1. The Hall–Kier alpha value is -3.25. The fourth-order valence-electron chi connectivity index (χ4n) is 3.65. The average Bonchev–Trinajstić information content (AvgIpc) is 3.32. The number of nitrogens with one attached hydrogen (secondary N) is 1. The molecule has 154 valence electrons. The Morgan fingerprint density at radius 1 is 1.13 bits per heavy atom. The second-order valence-electron chi connectivity index (χ2n) is 8.12. The lowest BCUT2D eigenvalue weighted by Crippen LogP contribution is -2.10. The zero-order valence-electron chi connectivity index (χ0n) is 17.4. The fourth-order valence-corrected chi connectivity index (χ4v) is 3.65. The van der Waals surface area contributed by atoms with Crippen molar-refractivity contribution in [3.63, 3.8) is 0 Å². The van der Waals surface area contributed by atoms with Gasteiger partial charge in [-0.3, -0.25) is 4.99 Å². The lowest BCUT2D eigenvalue weighted by atomic mass is 10.0. The topological polar surface area (TPSA) is 89.6 Å². The number of azo groups is 1. The lowest BCUT2D eigenvalue weighted by Gasteiger charge is -2.18. The molecule has 0 spiro atoms. The number of hydrogen-bond donors (Lipinski definition) is 3. The minimum atomic E-state index is -1.10. The number of phenolic OH excluding ortho intramolecular Hbond substituents is 1. The van der Waals surface area contributed by atoms with E-state index >= 15 is 0 Å². The van der Waals surface area contributed by atoms with Crippen LogP contribution < -0.4 is 5.32 Å². The van der Waals surface area contributed by atoms with Gasteiger partial charge in [0.25, 0.3) is 0 Å². The molecule has 6 nitrogen and oxygen atoms in total. The molecule has 3 atom stereocenters. The van der Waals surface area contributed by atoms with Gasteiger partial charge in [0.2, 0.25) is 0 Å². The third-order valence-corrected chi connectivity index (χ3v) is 5.73. The fraction of sp³-hybridized carbons (Fsp3) is 0.292. The molecule has 6 heteroatoms. The van der Waals surface area contributed by atoms with Gasteiger partial charge in [-0.15, -0.1) is 10.2 Å². The van der Waals surface area contributed by atoms with Crippen LogP contribution in [-0.2, 0) is 0 Å². The Balaban J connectivity index is 1.71. The summed E-state index contributed by atoms with van der Waals surface area (Å²) in [7, 11) is 0. The number of nitrogens with zero attached hydrogens (tertiary/aromatic N) is 3. The van der Waals surface area contributed by atoms with Crippen molar-refractivity contribution < 1.29 is 10.2 Å². The van der Waals surface area contributed by atoms with Crippen LogP contribution in [0.1, 0.15) is 39.0 Å². The van der Waals surface area contributed by atoms with Gasteiger partial charge in [-0.05, 0) is 49.8 Å². The van der Waals surface area contributed by atoms with Crippen LogP contribution in [-0.4, -0.2) is 21.6 Å². The molecule has 4 rings (SSSR count). The number of aliphatic imine (C=N–C) groups is 1. The van der Waals surface area contributed by atoms with E-state index in [0.717, 1.165) is 22.9 Å². The summed E-state index contributed by atoms with van der Waals surface area (Å²) < 4.78 is 0. The number of anilines is 1. The van der Waals surface area contributed by atoms with Crippen LogP contribution in [0.5, 0.6) is 5.75 Å². The second-order valence-corrected chi connectivity index (χ2v) is 8.12. The minimum absolute atomic E-state index is 0.0646. The van der Waals surface area contributed by atoms with E-state index in [1.54, 1.807) is 6.07 Å². The Labute approximate surface area is 176 Å². The predicted octanol–water partition coefficient (Wildman–Crippen LogP) is 5.95. The first kappa shape index (κ1) is 20.0. The van der Waals surface area contributed by atoms with Gasteiger partial charge in [0, 0.05) is 16.6 Å². The number of fused-ring (bicyclic) bond motifs is 1. The molecule has 30 heavy (non-hydrogen) atoms. The van der Waals surface area contributed by atoms with Crippen LogP contribution >= 0.6 is 0 Å². The van der Waals surface area contributed by atoms with Crippen LogP contribution in [0.15, 0.2) is 75.9 Å². The van der Waals surface area contributed by atoms with Crippen LogP contribution in [0.2, 0.25) is 0 Å². The normalized spacial score (nSPS) is 22.4. The molecular weight excluding hydrogens is 376 g/mol. The first-order valence-electron chi connectivity index (χ1n) is 10.1. The monoisotopic (exact) mass is 402 g/mol. The summed E-state index contributed by atoms with van der Waals surface area (Å²) in [4.78, 5) is 4.65. The number of aliphatic hydroxyl groups excluding tert-OH is 1. The van der Waals surface area contributed by atoms with Crippen LogP contribution in [0.3, 0.4) is 0 Å². The summed E-state index contributed by atoms with van der Waals surface area (Å²) in [5, 5.41) is 34.9. The molecule has 0 heterocycles. The molecule has 1 aliphatic carbocycles. The molecule has 0 radical (unpaired) electrons. The smallest absolute Gasteiger partial charge is 0.154 e. The maximum absolute atomic E-state index is 10.9. The molecule has 3 N–H and O–H groups in total. The van der Waals surface area contributed by atoms with E-state index < -0.39 is 6.23 Å². The minimum Gasteiger partial charge on any atom is -0.505 e. The molecule has 0 saturated heterocycles. The van der Waals surface area contributed by atoms with Crippen molar-refractivity contribution in [2.24, 2.45) is 21.1 Å². The summed E-state index contributed by atoms with van der Waals surface area (Å²) in [5.41, 5.74) is 1.34. The van der Waals surface area contributed by atoms with E-state index in [-0.39, 0.29) is 11.3 Å². The first-order valence-corrected chi connectivity index (χ1v) is 10.1. The zero-order valence-corrected chi connectivity index (χ0v) is 17.4. The van der Waals surface area contributed by atoms with Crippen molar-refractivity contribution in [1.82, 2.24) is 0 Å². The SMILES string of the molecule is CC(N=Nc1c(O)c(C(O)Nc2ccccc2)cc2ccccc12)=NC1(C)CC1C. The Kier molecular flexibility index (Phi) is 5.26. The molecular formula is C24H26N4O2. The molecule has 0 bridgehead atoms. The number of para-hydroxylation sites is 1. The van der Waals surface area contributed by atoms with Crippen LogP contribution in [0, 0.1) is 5.92 Å². The van der Waals surface area contributed by atoms with E-state index in [2.05, 4.69) is 34.4 Å². The molecule has 0 aromatic heterocycles. The van der Waals surface area contributed by atoms with Gasteiger partial charge in [-0.25, -0.2) is 0 Å². The number of phenols is 1. The summed E-state index contributed by atoms with van der Waals surface area (Å²) in [6, 6.07) is 18.7. The highest BCUT2D eigenvalue weighted by Gasteiger charge is 2.46. The third-order valence-electron chi connectivity index (χ3n) is 5.73. The molecule has 1 fully saturated rings. The Morgan fingerprint density at radius 2 is 1.80 bits per heavy atom. The summed E-state index contributed by atoms with van der Waals surface area (Å²) in [6.45, 7) is 6.09. The Morgan fingerprint density at radius 3 is 2.50 bits per heavy atom. The number of hydrogen-bond acceptors (Lipinski definition) is 5. The molecule has 1 saturated carbocycles. The number of aliphatic hydroxyl groups is 1. The quantitative estimate of drug-likeness (QED) is 0.213. The molecule has 3 aromatic carbocycles. The zero-order chi connectivity index (χ0) is 21.3. The van der Waals surface area contributed by atoms with Gasteiger partial charge in [-0.2, -0.15) is 0 Å². The summed E-state index contributed by atoms with van der Waals surface area (Å²) >= 11 is 0. The molecule has 0 aliphatic heterocycles. The van der Waals surface area contributed by atoms with Gasteiger partial charge in [0.1, 0.15) is 11.5 Å². The highest BCUT2D eigenvalue weighted by atomic mass is 16.3. The highest BCUT2D eigenvalue weighted by Crippen LogP contribution is 2.46. The van der Waals surface area contributed by atoms with Gasteiger partial charge in [0.05, 0.1) is 5.54 Å². The predicted molar refractivity (Wildman–Crippen MR) is 120 cm³/mol. The maximum Gasteiger partial charge on any atom is 0.154 e. The number of benzene rings is 3. The molecule has 0 amide bonds. The molecule has 3 unspecified atom stereocenters. The second kappa shape index (κ2) is 7.88.